The topological polar surface area (TPSA) is 58.2 Å². The van der Waals surface area contributed by atoms with Crippen molar-refractivity contribution in [3.8, 4) is 0 Å². The average molecular weight is 313 g/mol. The molecular formula is C13H17BrN2O2. The van der Waals surface area contributed by atoms with E-state index in [-0.39, 0.29) is 18.4 Å². The highest BCUT2D eigenvalue weighted by atomic mass is 79.9. The molecular weight excluding hydrogens is 296 g/mol. The fourth-order valence-corrected chi connectivity index (χ4v) is 1.82. The number of carbonyl (C=O) groups excluding carboxylic acids is 2. The number of halogens is 1. The van der Waals surface area contributed by atoms with Gasteiger partial charge in [-0.15, -0.1) is 0 Å². The molecule has 4 nitrogen and oxygen atoms in total. The van der Waals surface area contributed by atoms with Crippen LogP contribution in [0.3, 0.4) is 0 Å². The Morgan fingerprint density at radius 3 is 2.67 bits per heavy atom. The molecule has 0 saturated carbocycles. The summed E-state index contributed by atoms with van der Waals surface area (Å²) < 4.78 is 0.722. The second kappa shape index (κ2) is 7.16. The highest BCUT2D eigenvalue weighted by Crippen LogP contribution is 2.17. The number of nitrogens with one attached hydrogen (secondary N) is 2. The van der Waals surface area contributed by atoms with Crippen LogP contribution in [0.25, 0.3) is 0 Å². The maximum Gasteiger partial charge on any atom is 0.252 e. The second-order valence-corrected chi connectivity index (χ2v) is 4.87. The minimum atomic E-state index is -0.253. The summed E-state index contributed by atoms with van der Waals surface area (Å²) in [5, 5.41) is 5.29. The minimum Gasteiger partial charge on any atom is -0.355 e. The molecule has 2 N–H and O–H groups in total. The second-order valence-electron chi connectivity index (χ2n) is 4.02. The van der Waals surface area contributed by atoms with Crippen LogP contribution in [-0.2, 0) is 4.79 Å². The number of aryl methyl sites for hydroxylation is 1. The smallest absolute Gasteiger partial charge is 0.252 e. The van der Waals surface area contributed by atoms with Crippen LogP contribution in [0.5, 0.6) is 0 Å². The molecule has 0 aliphatic rings. The number of benzene rings is 1. The van der Waals surface area contributed by atoms with Crippen molar-refractivity contribution in [3.63, 3.8) is 0 Å². The molecule has 18 heavy (non-hydrogen) atoms. The quantitative estimate of drug-likeness (QED) is 0.874. The van der Waals surface area contributed by atoms with E-state index in [1.165, 1.54) is 0 Å². The summed E-state index contributed by atoms with van der Waals surface area (Å²) in [5.74, 6) is -0.425. The van der Waals surface area contributed by atoms with E-state index in [9.17, 15) is 9.59 Å². The summed E-state index contributed by atoms with van der Waals surface area (Å²) in [6.45, 7) is 4.52. The average Bonchev–Trinajstić information content (AvgIpc) is 2.36. The van der Waals surface area contributed by atoms with E-state index in [0.29, 0.717) is 12.1 Å². The third kappa shape index (κ3) is 4.49. The van der Waals surface area contributed by atoms with E-state index in [4.69, 9.17) is 0 Å². The first-order valence-electron chi connectivity index (χ1n) is 5.85. The number of rotatable bonds is 5. The molecule has 0 heterocycles. The van der Waals surface area contributed by atoms with Gasteiger partial charge in [0.1, 0.15) is 0 Å². The summed E-state index contributed by atoms with van der Waals surface area (Å²) in [6, 6.07) is 5.51. The number of amides is 2. The van der Waals surface area contributed by atoms with Gasteiger partial charge in [-0.05, 0) is 41.4 Å². The van der Waals surface area contributed by atoms with Crippen LogP contribution < -0.4 is 10.6 Å². The number of carbonyl (C=O) groups is 2. The highest BCUT2D eigenvalue weighted by molar-refractivity contribution is 9.10. The van der Waals surface area contributed by atoms with Gasteiger partial charge in [-0.25, -0.2) is 0 Å². The molecule has 0 unspecified atom stereocenters. The molecule has 0 aliphatic heterocycles. The summed E-state index contributed by atoms with van der Waals surface area (Å²) in [4.78, 5) is 23.2. The third-order valence-corrected chi connectivity index (χ3v) is 3.04. The van der Waals surface area contributed by atoms with Crippen molar-refractivity contribution < 1.29 is 9.59 Å². The molecule has 0 spiro atoms. The van der Waals surface area contributed by atoms with Crippen molar-refractivity contribution >= 4 is 27.7 Å². The molecule has 1 aromatic rings. The van der Waals surface area contributed by atoms with Gasteiger partial charge in [0.2, 0.25) is 5.91 Å². The van der Waals surface area contributed by atoms with E-state index in [1.54, 1.807) is 6.07 Å². The third-order valence-electron chi connectivity index (χ3n) is 2.35. The van der Waals surface area contributed by atoms with Crippen molar-refractivity contribution in [1.82, 2.24) is 10.6 Å². The molecule has 0 atom stereocenters. The SMILES string of the molecule is CCCNC(=O)CNC(=O)c1cc(C)ccc1Br. The fourth-order valence-electron chi connectivity index (χ4n) is 1.40. The van der Waals surface area contributed by atoms with Crippen LogP contribution in [0.4, 0.5) is 0 Å². The Kier molecular flexibility index (Phi) is 5.85. The summed E-state index contributed by atoms with van der Waals surface area (Å²) in [6.07, 6.45) is 0.878. The zero-order valence-corrected chi connectivity index (χ0v) is 12.1. The standard InChI is InChI=1S/C13H17BrN2O2/c1-3-6-15-12(17)8-16-13(18)10-7-9(2)4-5-11(10)14/h4-5,7H,3,6,8H2,1-2H3,(H,15,17)(H,16,18). The van der Waals surface area contributed by atoms with E-state index in [1.807, 2.05) is 26.0 Å². The minimum absolute atomic E-state index is 0.000779. The van der Waals surface area contributed by atoms with Crippen LogP contribution >= 0.6 is 15.9 Å². The van der Waals surface area contributed by atoms with Gasteiger partial charge in [0.05, 0.1) is 12.1 Å². The lowest BCUT2D eigenvalue weighted by molar-refractivity contribution is -0.120. The first kappa shape index (κ1) is 14.7. The molecule has 0 bridgehead atoms. The van der Waals surface area contributed by atoms with Crippen LogP contribution in [0.1, 0.15) is 29.3 Å². The van der Waals surface area contributed by atoms with Crippen molar-refractivity contribution in [1.29, 1.82) is 0 Å². The molecule has 0 aliphatic carbocycles. The zero-order valence-electron chi connectivity index (χ0n) is 10.5. The van der Waals surface area contributed by atoms with Crippen LogP contribution in [0, 0.1) is 6.92 Å². The van der Waals surface area contributed by atoms with E-state index in [0.717, 1.165) is 16.5 Å². The van der Waals surface area contributed by atoms with Gasteiger partial charge in [-0.2, -0.15) is 0 Å². The van der Waals surface area contributed by atoms with Crippen molar-refractivity contribution in [3.05, 3.63) is 33.8 Å². The number of hydrogen-bond donors (Lipinski definition) is 2. The molecule has 5 heteroatoms. The highest BCUT2D eigenvalue weighted by Gasteiger charge is 2.11. The lowest BCUT2D eigenvalue weighted by Gasteiger charge is -2.08. The lowest BCUT2D eigenvalue weighted by atomic mass is 10.1. The first-order chi connectivity index (χ1) is 8.54. The maximum atomic E-state index is 11.9. The van der Waals surface area contributed by atoms with Gasteiger partial charge >= 0.3 is 0 Å². The molecule has 1 aromatic carbocycles. The van der Waals surface area contributed by atoms with Gasteiger partial charge in [0, 0.05) is 11.0 Å². The maximum absolute atomic E-state index is 11.9. The molecule has 0 fully saturated rings. The largest absolute Gasteiger partial charge is 0.355 e. The molecule has 0 radical (unpaired) electrons. The zero-order chi connectivity index (χ0) is 13.5. The van der Waals surface area contributed by atoms with Crippen molar-refractivity contribution in [2.24, 2.45) is 0 Å². The Morgan fingerprint density at radius 2 is 2.00 bits per heavy atom. The predicted octanol–water partition coefficient (Wildman–Crippen LogP) is 2.01. The molecule has 2 amide bonds. The number of hydrogen-bond acceptors (Lipinski definition) is 2. The Labute approximate surface area is 115 Å². The van der Waals surface area contributed by atoms with E-state index in [2.05, 4.69) is 26.6 Å². The van der Waals surface area contributed by atoms with Gasteiger partial charge in [-0.1, -0.05) is 18.6 Å². The van der Waals surface area contributed by atoms with E-state index < -0.39 is 0 Å². The van der Waals surface area contributed by atoms with Crippen molar-refractivity contribution in [2.45, 2.75) is 20.3 Å². The van der Waals surface area contributed by atoms with Crippen LogP contribution in [0.2, 0.25) is 0 Å². The molecule has 1 rings (SSSR count). The normalized spacial score (nSPS) is 9.94. The molecule has 0 saturated heterocycles. The van der Waals surface area contributed by atoms with Gasteiger partial charge < -0.3 is 10.6 Å². The summed E-state index contributed by atoms with van der Waals surface area (Å²) in [5.41, 5.74) is 1.54. The van der Waals surface area contributed by atoms with Crippen LogP contribution in [-0.4, -0.2) is 24.9 Å². The Hall–Kier alpha value is -1.36. The molecule has 0 aromatic heterocycles. The van der Waals surface area contributed by atoms with Crippen molar-refractivity contribution in [2.75, 3.05) is 13.1 Å². The Balaban J connectivity index is 2.55. The van der Waals surface area contributed by atoms with Crippen LogP contribution in [0.15, 0.2) is 22.7 Å². The summed E-state index contributed by atoms with van der Waals surface area (Å²) in [7, 11) is 0. The molecule has 98 valence electrons. The van der Waals surface area contributed by atoms with Gasteiger partial charge in [0.25, 0.3) is 5.91 Å². The Bertz CT molecular complexity index is 447. The monoisotopic (exact) mass is 312 g/mol. The summed E-state index contributed by atoms with van der Waals surface area (Å²) >= 11 is 3.32. The van der Waals surface area contributed by atoms with E-state index >= 15 is 0 Å². The Morgan fingerprint density at radius 1 is 1.28 bits per heavy atom. The predicted molar refractivity (Wildman–Crippen MR) is 74.5 cm³/mol. The lowest BCUT2D eigenvalue weighted by Crippen LogP contribution is -2.37. The first-order valence-corrected chi connectivity index (χ1v) is 6.65. The van der Waals surface area contributed by atoms with Gasteiger partial charge in [-0.3, -0.25) is 9.59 Å². The van der Waals surface area contributed by atoms with Gasteiger partial charge in [0.15, 0.2) is 0 Å². The fraction of sp³-hybridized carbons (Fsp3) is 0.385.